The van der Waals surface area contributed by atoms with Crippen molar-refractivity contribution in [3.8, 4) is 0 Å². The van der Waals surface area contributed by atoms with Crippen LogP contribution >= 0.6 is 0 Å². The van der Waals surface area contributed by atoms with Crippen molar-refractivity contribution in [2.24, 2.45) is 0 Å². The maximum Gasteiger partial charge on any atom is 0.303 e. The van der Waals surface area contributed by atoms with Crippen molar-refractivity contribution >= 4 is 53.4 Å². The van der Waals surface area contributed by atoms with E-state index < -0.39 is 52.9 Å². The van der Waals surface area contributed by atoms with E-state index in [1.54, 1.807) is 30.4 Å². The standard InChI is InChI=1S/C34H42N2O11S3/c1-33(2)27-23-25(50(45,46)47)16-18-29(27)36(20-10-11-21-48(39,40)41)31(33)13-7-4-6-12-30-34(3,19-9-5-8-14-32(37)38)26-22-24(49(42,43)44)15-17-28(26)35-30/h4,6-7,12-13,15-18,22-23H,5,8-11,14,19-21H2,1-3H3,(H4,37,38,39,40,41,42,43,44,45,46,47). The number of allylic oxidation sites excluding steroid dienone is 6. The zero-order valence-electron chi connectivity index (χ0n) is 28.0. The summed E-state index contributed by atoms with van der Waals surface area (Å²) in [5.41, 5.74) is 2.87. The van der Waals surface area contributed by atoms with E-state index in [1.807, 2.05) is 37.5 Å². The molecule has 0 radical (unpaired) electrons. The number of nitrogens with one attached hydrogen (secondary N) is 1. The number of fused-ring (bicyclic) bond motifs is 2. The molecule has 0 bridgehead atoms. The highest BCUT2D eigenvalue weighted by atomic mass is 32.2. The van der Waals surface area contributed by atoms with Gasteiger partial charge in [0.1, 0.15) is 6.54 Å². The molecule has 2 aromatic rings. The van der Waals surface area contributed by atoms with Crippen LogP contribution in [0.2, 0.25) is 0 Å². The van der Waals surface area contributed by atoms with E-state index in [2.05, 4.69) is 5.32 Å². The van der Waals surface area contributed by atoms with Gasteiger partial charge in [0.05, 0.1) is 25.3 Å². The van der Waals surface area contributed by atoms with Crippen LogP contribution in [0.3, 0.4) is 0 Å². The smallest absolute Gasteiger partial charge is 0.303 e. The number of hydrogen-bond donors (Lipinski definition) is 4. The number of nitrogens with zero attached hydrogens (tertiary/aromatic N) is 1. The molecule has 0 saturated heterocycles. The van der Waals surface area contributed by atoms with Gasteiger partial charge in [0, 0.05) is 53.1 Å². The van der Waals surface area contributed by atoms with E-state index >= 15 is 0 Å². The summed E-state index contributed by atoms with van der Waals surface area (Å²) in [6.45, 7) is 6.10. The van der Waals surface area contributed by atoms with Gasteiger partial charge in [-0.05, 0) is 82.0 Å². The lowest BCUT2D eigenvalue weighted by molar-refractivity contribution is -0.438. The number of aliphatic carboxylic acids is 1. The van der Waals surface area contributed by atoms with Crippen molar-refractivity contribution in [3.63, 3.8) is 0 Å². The van der Waals surface area contributed by atoms with Gasteiger partial charge in [-0.15, -0.1) is 0 Å². The minimum atomic E-state index is -4.47. The van der Waals surface area contributed by atoms with Crippen LogP contribution in [0.4, 0.5) is 11.4 Å². The molecule has 1 unspecified atom stereocenters. The molecule has 0 fully saturated rings. The Morgan fingerprint density at radius 2 is 1.48 bits per heavy atom. The third kappa shape index (κ3) is 9.16. The summed E-state index contributed by atoms with van der Waals surface area (Å²) in [4.78, 5) is 10.5. The first-order valence-corrected chi connectivity index (χ1v) is 20.5. The minimum Gasteiger partial charge on any atom is -0.748 e. The Labute approximate surface area is 293 Å². The summed E-state index contributed by atoms with van der Waals surface area (Å²) in [6, 6.07) is 8.66. The van der Waals surface area contributed by atoms with Crippen LogP contribution in [0, 0.1) is 0 Å². The fourth-order valence-electron chi connectivity index (χ4n) is 6.57. The molecule has 4 rings (SSSR count). The van der Waals surface area contributed by atoms with Gasteiger partial charge in [0.15, 0.2) is 5.71 Å². The second kappa shape index (κ2) is 14.9. The van der Waals surface area contributed by atoms with Crippen LogP contribution in [0.5, 0.6) is 0 Å². The van der Waals surface area contributed by atoms with Gasteiger partial charge in [-0.3, -0.25) is 13.9 Å². The normalized spacial score (nSPS) is 19.8. The number of carboxylic acid groups (broad SMARTS) is 1. The molecule has 0 amide bonds. The third-order valence-electron chi connectivity index (χ3n) is 9.24. The molecule has 4 N–H and O–H groups in total. The number of benzene rings is 2. The van der Waals surface area contributed by atoms with E-state index in [1.165, 1.54) is 24.3 Å². The highest BCUT2D eigenvalue weighted by Gasteiger charge is 2.45. The lowest BCUT2D eigenvalue weighted by Crippen LogP contribution is -2.28. The summed E-state index contributed by atoms with van der Waals surface area (Å²) in [5.74, 6) is -1.37. The first kappa shape index (κ1) is 39.1. The van der Waals surface area contributed by atoms with Crippen LogP contribution in [-0.4, -0.2) is 72.6 Å². The van der Waals surface area contributed by atoms with Gasteiger partial charge in [-0.1, -0.05) is 31.1 Å². The summed E-state index contributed by atoms with van der Waals surface area (Å²) in [6.07, 6.45) is 12.1. The summed E-state index contributed by atoms with van der Waals surface area (Å²) >= 11 is 0. The maximum absolute atomic E-state index is 11.9. The molecule has 50 heavy (non-hydrogen) atoms. The van der Waals surface area contributed by atoms with Crippen LogP contribution in [0.15, 0.2) is 82.3 Å². The fourth-order valence-corrected chi connectivity index (χ4v) is 8.14. The summed E-state index contributed by atoms with van der Waals surface area (Å²) in [5, 5.41) is 12.3. The van der Waals surface area contributed by atoms with Crippen molar-refractivity contribution in [2.75, 3.05) is 17.6 Å². The average Bonchev–Trinajstić information content (AvgIpc) is 3.39. The quantitative estimate of drug-likeness (QED) is 0.0744. The van der Waals surface area contributed by atoms with Gasteiger partial charge >= 0.3 is 5.97 Å². The molecule has 2 aliphatic rings. The molecule has 0 spiro atoms. The van der Waals surface area contributed by atoms with Crippen molar-refractivity contribution in [3.05, 3.63) is 83.6 Å². The summed E-state index contributed by atoms with van der Waals surface area (Å²) in [7, 11) is -13.3. The maximum atomic E-state index is 11.9. The van der Waals surface area contributed by atoms with Crippen LogP contribution in [0.1, 0.15) is 76.8 Å². The van der Waals surface area contributed by atoms with Crippen LogP contribution in [0.25, 0.3) is 0 Å². The van der Waals surface area contributed by atoms with Gasteiger partial charge in [0.25, 0.3) is 20.2 Å². The van der Waals surface area contributed by atoms with Crippen molar-refractivity contribution in [1.29, 1.82) is 0 Å². The summed E-state index contributed by atoms with van der Waals surface area (Å²) < 4.78 is 102. The number of hydrogen-bond acceptors (Lipinski definition) is 9. The Morgan fingerprint density at radius 1 is 0.840 bits per heavy atom. The topological polar surface area (TPSA) is 218 Å². The van der Waals surface area contributed by atoms with E-state index in [4.69, 9.17) is 5.11 Å². The zero-order valence-corrected chi connectivity index (χ0v) is 30.4. The molecule has 2 aromatic carbocycles. The van der Waals surface area contributed by atoms with Crippen LogP contribution < -0.4 is 5.32 Å². The molecular weight excluding hydrogens is 709 g/mol. The number of rotatable bonds is 16. The Balaban J connectivity index is 1.64. The molecule has 0 aliphatic carbocycles. The molecule has 272 valence electrons. The lowest BCUT2D eigenvalue weighted by atomic mass is 9.77. The first-order chi connectivity index (χ1) is 23.1. The first-order valence-electron chi connectivity index (χ1n) is 16.0. The van der Waals surface area contributed by atoms with E-state index in [0.717, 1.165) is 11.4 Å². The monoisotopic (exact) mass is 750 g/mol. The second-order valence-corrected chi connectivity index (χ2v) is 17.6. The molecule has 2 heterocycles. The molecule has 2 aliphatic heterocycles. The predicted molar refractivity (Wildman–Crippen MR) is 187 cm³/mol. The number of unbranched alkanes of at least 4 members (excludes halogenated alkanes) is 3. The van der Waals surface area contributed by atoms with E-state index in [-0.39, 0.29) is 22.6 Å². The molecule has 0 saturated carbocycles. The average molecular weight is 751 g/mol. The Hall–Kier alpha value is -3.67. The highest BCUT2D eigenvalue weighted by Crippen LogP contribution is 2.47. The largest absolute Gasteiger partial charge is 0.748 e. The highest BCUT2D eigenvalue weighted by molar-refractivity contribution is 7.86. The third-order valence-corrected chi connectivity index (χ3v) is 11.7. The molecule has 16 heteroatoms. The molecule has 1 atom stereocenters. The molecule has 0 aromatic heterocycles. The molecule has 13 nitrogen and oxygen atoms in total. The van der Waals surface area contributed by atoms with Gasteiger partial charge in [-0.25, -0.2) is 8.42 Å². The minimum absolute atomic E-state index is 0.0539. The van der Waals surface area contributed by atoms with Gasteiger partial charge < -0.3 is 15.0 Å². The van der Waals surface area contributed by atoms with Crippen molar-refractivity contribution in [2.45, 2.75) is 86.3 Å². The Kier molecular flexibility index (Phi) is 11.7. The number of carbonyl (C=O) groups is 1. The molecular formula is C34H42N2O11S3. The van der Waals surface area contributed by atoms with Crippen molar-refractivity contribution < 1.29 is 53.4 Å². The SMILES string of the molecule is CC1(C)C(/C=C/C=C/C=C2/Nc3ccc(S(=O)(=O)O)cc3C2(C)CCCCCC(=O)O)=[N+](CCCCS(=O)(=O)[O-])c2ccc(S(=O)(=O)O)cc21. The number of carboxylic acids is 1. The number of anilines is 1. The predicted octanol–water partition coefficient (Wildman–Crippen LogP) is 5.30. The van der Waals surface area contributed by atoms with E-state index in [0.29, 0.717) is 61.2 Å². The van der Waals surface area contributed by atoms with Crippen molar-refractivity contribution in [1.82, 2.24) is 0 Å². The van der Waals surface area contributed by atoms with E-state index in [9.17, 15) is 43.7 Å². The Bertz CT molecular complexity index is 2120. The Morgan fingerprint density at radius 3 is 2.10 bits per heavy atom. The second-order valence-electron chi connectivity index (χ2n) is 13.2. The van der Waals surface area contributed by atoms with Crippen LogP contribution in [-0.2, 0) is 46.0 Å². The fraction of sp³-hybridized carbons (Fsp3) is 0.412. The lowest BCUT2D eigenvalue weighted by Gasteiger charge is -2.26. The zero-order chi connectivity index (χ0) is 37.1. The van der Waals surface area contributed by atoms with Gasteiger partial charge in [-0.2, -0.15) is 21.4 Å². The van der Waals surface area contributed by atoms with Gasteiger partial charge in [0.2, 0.25) is 5.69 Å².